The lowest BCUT2D eigenvalue weighted by molar-refractivity contribution is -0.142. The standard InChI is InChI=1S/C18H23N3O6/c1-12(9-19)7-15(17(24)25)21-16(23)8-14(22)10-20-18(26)27-11-13-5-3-2-4-6-13/h2-6,12,14-15,22H,7-8,10-11H2,1H3,(H,20,26)(H,21,23)(H,24,25)/t12-,14-,15-/m1/s1. The summed E-state index contributed by atoms with van der Waals surface area (Å²) in [7, 11) is 0. The second-order valence-electron chi connectivity index (χ2n) is 6.02. The van der Waals surface area contributed by atoms with E-state index in [1.165, 1.54) is 0 Å². The van der Waals surface area contributed by atoms with Crippen LogP contribution in [0.5, 0.6) is 0 Å². The number of aliphatic carboxylic acids is 1. The minimum Gasteiger partial charge on any atom is -0.480 e. The van der Waals surface area contributed by atoms with Crippen molar-refractivity contribution in [3.05, 3.63) is 35.9 Å². The fourth-order valence-corrected chi connectivity index (χ4v) is 2.14. The van der Waals surface area contributed by atoms with Crippen molar-refractivity contribution in [1.29, 1.82) is 5.26 Å². The summed E-state index contributed by atoms with van der Waals surface area (Å²) < 4.78 is 4.97. The number of carbonyl (C=O) groups is 3. The molecule has 1 rings (SSSR count). The first-order valence-corrected chi connectivity index (χ1v) is 8.36. The van der Waals surface area contributed by atoms with Gasteiger partial charge in [0.25, 0.3) is 0 Å². The predicted molar refractivity (Wildman–Crippen MR) is 94.2 cm³/mol. The molecule has 0 saturated heterocycles. The molecule has 0 fully saturated rings. The van der Waals surface area contributed by atoms with Crippen LogP contribution in [0.3, 0.4) is 0 Å². The number of carboxylic acids is 1. The van der Waals surface area contributed by atoms with E-state index < -0.39 is 42.5 Å². The molecule has 0 aliphatic carbocycles. The van der Waals surface area contributed by atoms with Gasteiger partial charge < -0.3 is 25.6 Å². The molecule has 146 valence electrons. The van der Waals surface area contributed by atoms with Crippen molar-refractivity contribution in [2.45, 2.75) is 38.5 Å². The summed E-state index contributed by atoms with van der Waals surface area (Å²) in [6, 6.07) is 9.70. The van der Waals surface area contributed by atoms with Crippen LogP contribution in [0, 0.1) is 17.2 Å². The van der Waals surface area contributed by atoms with Gasteiger partial charge in [0.2, 0.25) is 5.91 Å². The van der Waals surface area contributed by atoms with Gasteiger partial charge in [-0.25, -0.2) is 9.59 Å². The van der Waals surface area contributed by atoms with E-state index in [-0.39, 0.29) is 19.6 Å². The van der Waals surface area contributed by atoms with Crippen molar-refractivity contribution in [2.75, 3.05) is 6.54 Å². The molecule has 9 heteroatoms. The fourth-order valence-electron chi connectivity index (χ4n) is 2.14. The van der Waals surface area contributed by atoms with Crippen LogP contribution in [0.4, 0.5) is 4.79 Å². The number of nitriles is 1. The Balaban J connectivity index is 2.32. The smallest absolute Gasteiger partial charge is 0.407 e. The number of nitrogens with one attached hydrogen (secondary N) is 2. The van der Waals surface area contributed by atoms with Crippen LogP contribution >= 0.6 is 0 Å². The fraction of sp³-hybridized carbons (Fsp3) is 0.444. The molecule has 0 radical (unpaired) electrons. The summed E-state index contributed by atoms with van der Waals surface area (Å²) in [6.07, 6.45) is -2.40. The molecule has 0 unspecified atom stereocenters. The number of hydrogen-bond acceptors (Lipinski definition) is 6. The number of ether oxygens (including phenoxy) is 1. The van der Waals surface area contributed by atoms with Crippen LogP contribution in [0.1, 0.15) is 25.3 Å². The van der Waals surface area contributed by atoms with Gasteiger partial charge in [0.05, 0.1) is 18.6 Å². The SMILES string of the molecule is C[C@@H](C#N)C[C@@H](NC(=O)C[C@@H](O)CNC(=O)OCc1ccccc1)C(=O)O. The largest absolute Gasteiger partial charge is 0.480 e. The molecule has 1 aromatic rings. The number of carbonyl (C=O) groups excluding carboxylic acids is 2. The summed E-state index contributed by atoms with van der Waals surface area (Å²) in [5.41, 5.74) is 0.805. The van der Waals surface area contributed by atoms with Crippen molar-refractivity contribution in [1.82, 2.24) is 10.6 Å². The van der Waals surface area contributed by atoms with E-state index in [1.807, 2.05) is 12.1 Å². The van der Waals surface area contributed by atoms with E-state index in [2.05, 4.69) is 10.6 Å². The van der Waals surface area contributed by atoms with Crippen molar-refractivity contribution in [2.24, 2.45) is 5.92 Å². The molecule has 0 bridgehead atoms. The number of hydrogen-bond donors (Lipinski definition) is 4. The Labute approximate surface area is 156 Å². The predicted octanol–water partition coefficient (Wildman–Crippen LogP) is 0.783. The highest BCUT2D eigenvalue weighted by Gasteiger charge is 2.23. The molecule has 9 nitrogen and oxygen atoms in total. The number of carboxylic acid groups (broad SMARTS) is 1. The molecule has 27 heavy (non-hydrogen) atoms. The Morgan fingerprint density at radius 1 is 1.26 bits per heavy atom. The minimum atomic E-state index is -1.26. The van der Waals surface area contributed by atoms with Gasteiger partial charge in [-0.3, -0.25) is 4.79 Å². The number of aliphatic hydroxyl groups is 1. The zero-order chi connectivity index (χ0) is 20.2. The summed E-state index contributed by atoms with van der Waals surface area (Å²) in [4.78, 5) is 34.5. The van der Waals surface area contributed by atoms with Gasteiger partial charge in [0, 0.05) is 12.5 Å². The maximum atomic E-state index is 11.8. The molecule has 0 spiro atoms. The van der Waals surface area contributed by atoms with Crippen LogP contribution in [0.25, 0.3) is 0 Å². The topological polar surface area (TPSA) is 149 Å². The van der Waals surface area contributed by atoms with Crippen molar-refractivity contribution in [3.8, 4) is 6.07 Å². The molecule has 3 atom stereocenters. The number of rotatable bonds is 10. The van der Waals surface area contributed by atoms with Gasteiger partial charge in [-0.1, -0.05) is 30.3 Å². The van der Waals surface area contributed by atoms with Crippen LogP contribution in [-0.4, -0.2) is 46.9 Å². The van der Waals surface area contributed by atoms with Gasteiger partial charge in [-0.05, 0) is 18.9 Å². The molecular formula is C18H23N3O6. The lowest BCUT2D eigenvalue weighted by atomic mass is 10.0. The first-order valence-electron chi connectivity index (χ1n) is 8.36. The lowest BCUT2D eigenvalue weighted by Gasteiger charge is -2.17. The summed E-state index contributed by atoms with van der Waals surface area (Å²) in [5, 5.41) is 32.2. The average Bonchev–Trinajstić information content (AvgIpc) is 2.64. The Morgan fingerprint density at radius 2 is 1.93 bits per heavy atom. The second-order valence-corrected chi connectivity index (χ2v) is 6.02. The Hall–Kier alpha value is -3.12. The molecule has 2 amide bonds. The minimum absolute atomic E-state index is 0.0439. The van der Waals surface area contributed by atoms with Crippen LogP contribution in [0.2, 0.25) is 0 Å². The highest BCUT2D eigenvalue weighted by atomic mass is 16.5. The van der Waals surface area contributed by atoms with Gasteiger partial charge in [-0.15, -0.1) is 0 Å². The van der Waals surface area contributed by atoms with Gasteiger partial charge >= 0.3 is 12.1 Å². The quantitative estimate of drug-likeness (QED) is 0.471. The van der Waals surface area contributed by atoms with Crippen molar-refractivity contribution in [3.63, 3.8) is 0 Å². The zero-order valence-electron chi connectivity index (χ0n) is 14.9. The molecule has 0 aromatic heterocycles. The average molecular weight is 377 g/mol. The third kappa shape index (κ3) is 9.23. The number of aliphatic hydroxyl groups excluding tert-OH is 1. The van der Waals surface area contributed by atoms with E-state index >= 15 is 0 Å². The molecule has 1 aromatic carbocycles. The Morgan fingerprint density at radius 3 is 2.52 bits per heavy atom. The molecule has 4 N–H and O–H groups in total. The zero-order valence-corrected chi connectivity index (χ0v) is 14.9. The summed E-state index contributed by atoms with van der Waals surface area (Å²) in [6.45, 7) is 1.38. The van der Waals surface area contributed by atoms with Crippen LogP contribution < -0.4 is 10.6 Å². The number of nitrogens with zero attached hydrogens (tertiary/aromatic N) is 1. The normalized spacial score (nSPS) is 13.5. The van der Waals surface area contributed by atoms with Crippen LogP contribution in [0.15, 0.2) is 30.3 Å². The maximum Gasteiger partial charge on any atom is 0.407 e. The van der Waals surface area contributed by atoms with E-state index in [0.29, 0.717) is 0 Å². The van der Waals surface area contributed by atoms with Crippen LogP contribution in [-0.2, 0) is 20.9 Å². The first kappa shape index (κ1) is 21.9. The molecule has 0 aliphatic rings. The van der Waals surface area contributed by atoms with E-state index in [0.717, 1.165) is 5.56 Å². The highest BCUT2D eigenvalue weighted by molar-refractivity contribution is 5.83. The van der Waals surface area contributed by atoms with E-state index in [4.69, 9.17) is 15.1 Å². The second kappa shape index (κ2) is 11.5. The number of alkyl carbamates (subject to hydrolysis) is 1. The van der Waals surface area contributed by atoms with Gasteiger partial charge in [0.15, 0.2) is 0 Å². The molecule has 0 aliphatic heterocycles. The third-order valence-electron chi connectivity index (χ3n) is 3.56. The Kier molecular flexibility index (Phi) is 9.33. The van der Waals surface area contributed by atoms with Crippen molar-refractivity contribution >= 4 is 18.0 Å². The van der Waals surface area contributed by atoms with Gasteiger partial charge in [0.1, 0.15) is 12.6 Å². The molecule has 0 heterocycles. The monoisotopic (exact) mass is 377 g/mol. The highest BCUT2D eigenvalue weighted by Crippen LogP contribution is 2.06. The van der Waals surface area contributed by atoms with E-state index in [1.54, 1.807) is 31.2 Å². The third-order valence-corrected chi connectivity index (χ3v) is 3.56. The maximum absolute atomic E-state index is 11.8. The molecular weight excluding hydrogens is 354 g/mol. The van der Waals surface area contributed by atoms with Crippen molar-refractivity contribution < 1.29 is 29.3 Å². The summed E-state index contributed by atoms with van der Waals surface area (Å²) in [5.74, 6) is -2.50. The molecule has 0 saturated carbocycles. The van der Waals surface area contributed by atoms with E-state index in [9.17, 15) is 19.5 Å². The lowest BCUT2D eigenvalue weighted by Crippen LogP contribution is -2.44. The Bertz CT molecular complexity index is 673. The summed E-state index contributed by atoms with van der Waals surface area (Å²) >= 11 is 0. The first-order chi connectivity index (χ1) is 12.8. The number of amides is 2. The number of benzene rings is 1. The van der Waals surface area contributed by atoms with Gasteiger partial charge in [-0.2, -0.15) is 5.26 Å².